The predicted molar refractivity (Wildman–Crippen MR) is 65.5 cm³/mol. The summed E-state index contributed by atoms with van der Waals surface area (Å²) in [5, 5.41) is 7.42. The molecule has 0 unspecified atom stereocenters. The third-order valence-electron chi connectivity index (χ3n) is 3.22. The van der Waals surface area contributed by atoms with Crippen molar-refractivity contribution in [3.05, 3.63) is 18.5 Å². The Kier molecular flexibility index (Phi) is 3.47. The van der Waals surface area contributed by atoms with Gasteiger partial charge in [0.1, 0.15) is 0 Å². The lowest BCUT2D eigenvalue weighted by Crippen LogP contribution is -2.59. The Labute approximate surface area is 102 Å². The Balaban J connectivity index is 1.90. The van der Waals surface area contributed by atoms with Gasteiger partial charge in [-0.15, -0.1) is 0 Å². The largest absolute Gasteiger partial charge is 0.335 e. The molecule has 0 aliphatic carbocycles. The first-order chi connectivity index (χ1) is 8.09. The molecule has 94 valence electrons. The first-order valence-corrected chi connectivity index (χ1v) is 6.08. The molecule has 0 atom stereocenters. The van der Waals surface area contributed by atoms with Gasteiger partial charge in [-0.1, -0.05) is 0 Å². The molecular weight excluding hydrogens is 216 g/mol. The lowest BCUT2D eigenvalue weighted by Gasteiger charge is -2.43. The van der Waals surface area contributed by atoms with E-state index in [9.17, 15) is 4.79 Å². The number of hydrogen-bond acceptors (Lipinski definition) is 3. The van der Waals surface area contributed by atoms with E-state index in [0.717, 1.165) is 19.6 Å². The molecule has 1 fully saturated rings. The van der Waals surface area contributed by atoms with E-state index in [1.165, 1.54) is 0 Å². The minimum absolute atomic E-state index is 0.0839. The van der Waals surface area contributed by atoms with E-state index >= 15 is 0 Å². The van der Waals surface area contributed by atoms with Crippen LogP contribution in [0.4, 0.5) is 0 Å². The van der Waals surface area contributed by atoms with Gasteiger partial charge in [0, 0.05) is 50.5 Å². The zero-order chi connectivity index (χ0) is 12.3. The van der Waals surface area contributed by atoms with Gasteiger partial charge in [0.2, 0.25) is 5.91 Å². The predicted octanol–water partition coefficient (Wildman–Crippen LogP) is 0.484. The molecule has 1 aliphatic heterocycles. The van der Waals surface area contributed by atoms with Crippen LogP contribution in [-0.4, -0.2) is 45.8 Å². The van der Waals surface area contributed by atoms with Crippen LogP contribution in [-0.2, 0) is 11.3 Å². The number of carbonyl (C=O) groups is 1. The molecule has 5 heteroatoms. The molecule has 0 radical (unpaired) electrons. The minimum Gasteiger partial charge on any atom is -0.335 e. The summed E-state index contributed by atoms with van der Waals surface area (Å²) in [6, 6.07) is 1.87. The summed E-state index contributed by atoms with van der Waals surface area (Å²) in [5.74, 6) is 0.215. The molecule has 2 rings (SSSR count). The molecule has 1 amide bonds. The number of carbonyl (C=O) groups excluding carboxylic acids is 1. The zero-order valence-electron chi connectivity index (χ0n) is 10.5. The summed E-state index contributed by atoms with van der Waals surface area (Å²) < 4.78 is 1.80. The second kappa shape index (κ2) is 4.87. The molecule has 5 nitrogen and oxygen atoms in total. The maximum Gasteiger partial charge on any atom is 0.224 e. The molecule has 1 aromatic heterocycles. The van der Waals surface area contributed by atoms with Gasteiger partial charge >= 0.3 is 0 Å². The maximum absolute atomic E-state index is 12.2. The highest BCUT2D eigenvalue weighted by Crippen LogP contribution is 2.17. The maximum atomic E-state index is 12.2. The van der Waals surface area contributed by atoms with Crippen LogP contribution in [0.25, 0.3) is 0 Å². The first kappa shape index (κ1) is 12.1. The fourth-order valence-electron chi connectivity index (χ4n) is 2.22. The Morgan fingerprint density at radius 3 is 3.00 bits per heavy atom. The van der Waals surface area contributed by atoms with Gasteiger partial charge in [-0.2, -0.15) is 5.10 Å². The van der Waals surface area contributed by atoms with E-state index in [2.05, 4.69) is 24.3 Å². The average molecular weight is 236 g/mol. The van der Waals surface area contributed by atoms with Gasteiger partial charge in [-0.3, -0.25) is 9.48 Å². The van der Waals surface area contributed by atoms with Crippen molar-refractivity contribution < 1.29 is 4.79 Å². The van der Waals surface area contributed by atoms with Crippen molar-refractivity contribution in [3.63, 3.8) is 0 Å². The molecule has 1 N–H and O–H groups in total. The zero-order valence-corrected chi connectivity index (χ0v) is 10.5. The average Bonchev–Trinajstić information content (AvgIpc) is 2.78. The van der Waals surface area contributed by atoms with Crippen LogP contribution in [0, 0.1) is 0 Å². The van der Waals surface area contributed by atoms with Crippen LogP contribution in [0.5, 0.6) is 0 Å². The van der Waals surface area contributed by atoms with E-state index in [-0.39, 0.29) is 11.4 Å². The Morgan fingerprint density at radius 1 is 1.53 bits per heavy atom. The number of nitrogens with one attached hydrogen (secondary N) is 1. The van der Waals surface area contributed by atoms with E-state index in [0.29, 0.717) is 13.0 Å². The van der Waals surface area contributed by atoms with Gasteiger partial charge in [0.25, 0.3) is 0 Å². The third kappa shape index (κ3) is 2.85. The summed E-state index contributed by atoms with van der Waals surface area (Å²) in [7, 11) is 0. The summed E-state index contributed by atoms with van der Waals surface area (Å²) in [6.07, 6.45) is 4.14. The quantitative estimate of drug-likeness (QED) is 0.830. The second-order valence-corrected chi connectivity index (χ2v) is 5.05. The van der Waals surface area contributed by atoms with E-state index in [1.807, 2.05) is 17.2 Å². The topological polar surface area (TPSA) is 50.2 Å². The van der Waals surface area contributed by atoms with Gasteiger partial charge in [0.15, 0.2) is 0 Å². The minimum atomic E-state index is -0.0839. The highest BCUT2D eigenvalue weighted by Gasteiger charge is 2.32. The monoisotopic (exact) mass is 236 g/mol. The fraction of sp³-hybridized carbons (Fsp3) is 0.667. The standard InChI is InChI=1S/C12H20N4O/c1-12(2)10-13-6-9-16(12)11(17)4-8-15-7-3-5-14-15/h3,5,7,13H,4,6,8-10H2,1-2H3. The van der Waals surface area contributed by atoms with E-state index in [4.69, 9.17) is 0 Å². The fourth-order valence-corrected chi connectivity index (χ4v) is 2.22. The summed E-state index contributed by atoms with van der Waals surface area (Å²) in [5.41, 5.74) is -0.0839. The third-order valence-corrected chi connectivity index (χ3v) is 3.22. The lowest BCUT2D eigenvalue weighted by molar-refractivity contribution is -0.137. The highest BCUT2D eigenvalue weighted by atomic mass is 16.2. The van der Waals surface area contributed by atoms with Crippen LogP contribution in [0.15, 0.2) is 18.5 Å². The first-order valence-electron chi connectivity index (χ1n) is 6.08. The van der Waals surface area contributed by atoms with Crippen molar-refractivity contribution in [1.82, 2.24) is 20.0 Å². The van der Waals surface area contributed by atoms with Crippen molar-refractivity contribution in [2.24, 2.45) is 0 Å². The van der Waals surface area contributed by atoms with Gasteiger partial charge < -0.3 is 10.2 Å². The highest BCUT2D eigenvalue weighted by molar-refractivity contribution is 5.77. The molecule has 0 spiro atoms. The van der Waals surface area contributed by atoms with Crippen LogP contribution in [0.2, 0.25) is 0 Å². The van der Waals surface area contributed by atoms with Crippen LogP contribution < -0.4 is 5.32 Å². The molecule has 17 heavy (non-hydrogen) atoms. The molecular formula is C12H20N4O. The Hall–Kier alpha value is -1.36. The molecule has 1 aliphatic rings. The van der Waals surface area contributed by atoms with E-state index in [1.54, 1.807) is 10.9 Å². The number of rotatable bonds is 3. The lowest BCUT2D eigenvalue weighted by atomic mass is 9.99. The van der Waals surface area contributed by atoms with Gasteiger partial charge in [0.05, 0.1) is 0 Å². The summed E-state index contributed by atoms with van der Waals surface area (Å²) >= 11 is 0. The number of aryl methyl sites for hydroxylation is 1. The SMILES string of the molecule is CC1(C)CNCCN1C(=O)CCn1cccn1. The Bertz CT molecular complexity index is 372. The van der Waals surface area contributed by atoms with Crippen molar-refractivity contribution >= 4 is 5.91 Å². The summed E-state index contributed by atoms with van der Waals surface area (Å²) in [4.78, 5) is 14.1. The number of hydrogen-bond donors (Lipinski definition) is 1. The van der Waals surface area contributed by atoms with Crippen LogP contribution >= 0.6 is 0 Å². The number of amides is 1. The smallest absolute Gasteiger partial charge is 0.224 e. The van der Waals surface area contributed by atoms with Gasteiger partial charge in [-0.25, -0.2) is 0 Å². The molecule has 0 saturated carbocycles. The van der Waals surface area contributed by atoms with Crippen molar-refractivity contribution in [2.75, 3.05) is 19.6 Å². The van der Waals surface area contributed by atoms with Gasteiger partial charge in [-0.05, 0) is 19.9 Å². The molecule has 2 heterocycles. The molecule has 1 aromatic rings. The summed E-state index contributed by atoms with van der Waals surface area (Å²) in [6.45, 7) is 7.41. The number of aromatic nitrogens is 2. The molecule has 0 aromatic carbocycles. The van der Waals surface area contributed by atoms with Crippen LogP contribution in [0.3, 0.4) is 0 Å². The Morgan fingerprint density at radius 2 is 2.35 bits per heavy atom. The van der Waals surface area contributed by atoms with E-state index < -0.39 is 0 Å². The number of nitrogens with zero attached hydrogens (tertiary/aromatic N) is 3. The van der Waals surface area contributed by atoms with Crippen molar-refractivity contribution in [3.8, 4) is 0 Å². The molecule has 0 bridgehead atoms. The normalized spacial score (nSPS) is 19.3. The number of piperazine rings is 1. The molecule has 1 saturated heterocycles. The van der Waals surface area contributed by atoms with Crippen molar-refractivity contribution in [2.45, 2.75) is 32.4 Å². The van der Waals surface area contributed by atoms with Crippen LogP contribution in [0.1, 0.15) is 20.3 Å². The van der Waals surface area contributed by atoms with Crippen molar-refractivity contribution in [1.29, 1.82) is 0 Å². The second-order valence-electron chi connectivity index (χ2n) is 5.05.